The predicted octanol–water partition coefficient (Wildman–Crippen LogP) is 3.29. The first kappa shape index (κ1) is 16.9. The number of hydrogen-bond acceptors (Lipinski definition) is 4. The minimum atomic E-state index is -1.54. The Morgan fingerprint density at radius 1 is 1.35 bits per heavy atom. The normalized spacial score (nSPS) is 11.4. The molecule has 23 heavy (non-hydrogen) atoms. The monoisotopic (exact) mass is 351 g/mol. The number of ether oxygens (including phenoxy) is 1. The second-order valence-electron chi connectivity index (χ2n) is 4.49. The number of H-pyrrole nitrogens is 1. The third-order valence-corrected chi connectivity index (χ3v) is 3.67. The van der Waals surface area contributed by atoms with E-state index in [9.17, 15) is 9.59 Å². The van der Waals surface area contributed by atoms with Gasteiger partial charge in [-0.2, -0.15) is 5.26 Å². The van der Waals surface area contributed by atoms with Crippen LogP contribution in [0, 0.1) is 17.2 Å². The van der Waals surface area contributed by atoms with Crippen molar-refractivity contribution in [1.82, 2.24) is 4.98 Å². The number of hydrogen-bond donors (Lipinski definition) is 2. The zero-order valence-corrected chi connectivity index (χ0v) is 13.4. The number of carbonyl (C=O) groups is 2. The number of aromatic nitrogens is 1. The Labute approximate surface area is 142 Å². The molecule has 6 nitrogen and oxygen atoms in total. The zero-order valence-electron chi connectivity index (χ0n) is 11.9. The van der Waals surface area contributed by atoms with E-state index >= 15 is 0 Å². The van der Waals surface area contributed by atoms with Crippen LogP contribution in [0.4, 0.5) is 5.69 Å². The smallest absolute Gasteiger partial charge is 0.249 e. The summed E-state index contributed by atoms with van der Waals surface area (Å²) in [6, 6.07) is 9.50. The first-order chi connectivity index (χ1) is 11.0. The third-order valence-electron chi connectivity index (χ3n) is 2.98. The minimum Gasteiger partial charge on any atom is -0.497 e. The Bertz CT molecular complexity index is 776. The maximum Gasteiger partial charge on any atom is 0.249 e. The number of ketones is 1. The van der Waals surface area contributed by atoms with Gasteiger partial charge in [0.25, 0.3) is 0 Å². The SMILES string of the molecule is COc1cccc(NC(=O)C(C#N)C(=O)c2cc(Cl)c(Cl)[nH]2)c1. The van der Waals surface area contributed by atoms with Gasteiger partial charge in [-0.3, -0.25) is 9.59 Å². The summed E-state index contributed by atoms with van der Waals surface area (Å²) >= 11 is 11.5. The van der Waals surface area contributed by atoms with Crippen LogP contribution in [0.2, 0.25) is 10.2 Å². The van der Waals surface area contributed by atoms with Crippen LogP contribution in [0.1, 0.15) is 10.5 Å². The summed E-state index contributed by atoms with van der Waals surface area (Å²) in [4.78, 5) is 26.9. The van der Waals surface area contributed by atoms with Crippen LogP contribution >= 0.6 is 23.2 Å². The first-order valence-electron chi connectivity index (χ1n) is 6.39. The molecule has 1 heterocycles. The second kappa shape index (κ2) is 7.18. The molecule has 2 aromatic rings. The van der Waals surface area contributed by atoms with Gasteiger partial charge >= 0.3 is 0 Å². The van der Waals surface area contributed by atoms with Crippen molar-refractivity contribution in [1.29, 1.82) is 5.26 Å². The number of halogens is 2. The zero-order chi connectivity index (χ0) is 17.0. The van der Waals surface area contributed by atoms with Crippen molar-refractivity contribution >= 4 is 40.6 Å². The predicted molar refractivity (Wildman–Crippen MR) is 85.9 cm³/mol. The molecule has 0 radical (unpaired) electrons. The summed E-state index contributed by atoms with van der Waals surface area (Å²) < 4.78 is 5.04. The number of aromatic amines is 1. The molecule has 0 spiro atoms. The fourth-order valence-electron chi connectivity index (χ4n) is 1.84. The Kier molecular flexibility index (Phi) is 5.27. The Morgan fingerprint density at radius 3 is 2.65 bits per heavy atom. The summed E-state index contributed by atoms with van der Waals surface area (Å²) in [6.07, 6.45) is 0. The molecular weight excluding hydrogens is 341 g/mol. The van der Waals surface area contributed by atoms with Crippen molar-refractivity contribution in [2.75, 3.05) is 12.4 Å². The Hall–Kier alpha value is -2.49. The lowest BCUT2D eigenvalue weighted by molar-refractivity contribution is -0.117. The van der Waals surface area contributed by atoms with Crippen molar-refractivity contribution in [3.63, 3.8) is 0 Å². The van der Waals surface area contributed by atoms with Gasteiger partial charge in [-0.1, -0.05) is 29.3 Å². The molecule has 0 bridgehead atoms. The van der Waals surface area contributed by atoms with Gasteiger partial charge in [0.1, 0.15) is 10.9 Å². The van der Waals surface area contributed by atoms with Crippen molar-refractivity contribution in [3.8, 4) is 11.8 Å². The average Bonchev–Trinajstić information content (AvgIpc) is 2.87. The highest BCUT2D eigenvalue weighted by Gasteiger charge is 2.29. The molecule has 0 aliphatic rings. The van der Waals surface area contributed by atoms with Gasteiger partial charge < -0.3 is 15.0 Å². The van der Waals surface area contributed by atoms with E-state index in [1.165, 1.54) is 13.2 Å². The van der Waals surface area contributed by atoms with Gasteiger partial charge in [-0.05, 0) is 18.2 Å². The molecule has 1 unspecified atom stereocenters. The standard InChI is InChI=1S/C15H11Cl2N3O3/c1-23-9-4-2-3-8(5-9)19-15(22)10(7-18)13(21)12-6-11(16)14(17)20-12/h2-6,10,20H,1H3,(H,19,22). The average molecular weight is 352 g/mol. The molecule has 0 aliphatic carbocycles. The number of nitrogens with one attached hydrogen (secondary N) is 2. The fraction of sp³-hybridized carbons (Fsp3) is 0.133. The van der Waals surface area contributed by atoms with Crippen LogP contribution in [0.15, 0.2) is 30.3 Å². The van der Waals surface area contributed by atoms with Crippen LogP contribution in [0.5, 0.6) is 5.75 Å². The summed E-state index contributed by atoms with van der Waals surface area (Å²) in [5.41, 5.74) is 0.400. The molecule has 118 valence electrons. The van der Waals surface area contributed by atoms with Crippen LogP contribution in [0.3, 0.4) is 0 Å². The molecule has 1 amide bonds. The van der Waals surface area contributed by atoms with Gasteiger partial charge in [0.05, 0.1) is 23.9 Å². The van der Waals surface area contributed by atoms with Crippen molar-refractivity contribution in [2.24, 2.45) is 5.92 Å². The topological polar surface area (TPSA) is 95.0 Å². The highest BCUT2D eigenvalue weighted by atomic mass is 35.5. The molecule has 8 heteroatoms. The van der Waals surface area contributed by atoms with E-state index in [-0.39, 0.29) is 15.9 Å². The molecular formula is C15H11Cl2N3O3. The molecule has 2 rings (SSSR count). The van der Waals surface area contributed by atoms with Gasteiger partial charge in [0, 0.05) is 11.8 Å². The number of nitrogens with zero attached hydrogens (tertiary/aromatic N) is 1. The lowest BCUT2D eigenvalue weighted by Gasteiger charge is -2.09. The molecule has 2 N–H and O–H groups in total. The van der Waals surface area contributed by atoms with Crippen LogP contribution in [-0.4, -0.2) is 23.8 Å². The van der Waals surface area contributed by atoms with Gasteiger partial charge in [-0.15, -0.1) is 0 Å². The molecule has 1 aromatic heterocycles. The molecule has 0 saturated heterocycles. The van der Waals surface area contributed by atoms with Crippen molar-refractivity contribution in [3.05, 3.63) is 46.2 Å². The van der Waals surface area contributed by atoms with Crippen LogP contribution in [-0.2, 0) is 4.79 Å². The quantitative estimate of drug-likeness (QED) is 0.638. The number of anilines is 1. The van der Waals surface area contributed by atoms with E-state index in [0.29, 0.717) is 11.4 Å². The van der Waals surface area contributed by atoms with E-state index in [1.54, 1.807) is 30.3 Å². The number of carbonyl (C=O) groups excluding carboxylic acids is 2. The summed E-state index contributed by atoms with van der Waals surface area (Å²) in [5, 5.41) is 11.9. The van der Waals surface area contributed by atoms with E-state index in [0.717, 1.165) is 0 Å². The molecule has 0 saturated carbocycles. The number of Topliss-reactive ketones (excluding diaryl/α,β-unsaturated/α-hetero) is 1. The minimum absolute atomic E-state index is 0.00709. The first-order valence-corrected chi connectivity index (χ1v) is 7.14. The van der Waals surface area contributed by atoms with Crippen molar-refractivity contribution < 1.29 is 14.3 Å². The van der Waals surface area contributed by atoms with Crippen LogP contribution in [0.25, 0.3) is 0 Å². The summed E-state index contributed by atoms with van der Waals surface area (Å²) in [7, 11) is 1.49. The lowest BCUT2D eigenvalue weighted by Crippen LogP contribution is -2.28. The maximum atomic E-state index is 12.2. The Morgan fingerprint density at radius 2 is 2.09 bits per heavy atom. The number of benzene rings is 1. The largest absolute Gasteiger partial charge is 0.497 e. The second-order valence-corrected chi connectivity index (χ2v) is 5.28. The fourth-order valence-corrected chi connectivity index (χ4v) is 2.16. The van der Waals surface area contributed by atoms with Gasteiger partial charge in [0.2, 0.25) is 11.7 Å². The number of nitriles is 1. The molecule has 1 aromatic carbocycles. The molecule has 0 fully saturated rings. The summed E-state index contributed by atoms with van der Waals surface area (Å²) in [5.74, 6) is -2.48. The number of methoxy groups -OCH3 is 1. The highest BCUT2D eigenvalue weighted by molar-refractivity contribution is 6.41. The highest BCUT2D eigenvalue weighted by Crippen LogP contribution is 2.24. The Balaban J connectivity index is 2.18. The van der Waals surface area contributed by atoms with E-state index in [2.05, 4.69) is 10.3 Å². The lowest BCUT2D eigenvalue weighted by atomic mass is 10.0. The van der Waals surface area contributed by atoms with Crippen LogP contribution < -0.4 is 10.1 Å². The maximum absolute atomic E-state index is 12.2. The van der Waals surface area contributed by atoms with E-state index in [4.69, 9.17) is 33.2 Å². The number of rotatable bonds is 5. The third kappa shape index (κ3) is 3.83. The van der Waals surface area contributed by atoms with E-state index in [1.807, 2.05) is 0 Å². The van der Waals surface area contributed by atoms with Gasteiger partial charge in [-0.25, -0.2) is 0 Å². The van der Waals surface area contributed by atoms with Crippen molar-refractivity contribution in [2.45, 2.75) is 0 Å². The van der Waals surface area contributed by atoms with E-state index < -0.39 is 17.6 Å². The summed E-state index contributed by atoms with van der Waals surface area (Å²) in [6.45, 7) is 0. The number of amides is 1. The van der Waals surface area contributed by atoms with Gasteiger partial charge in [0.15, 0.2) is 5.92 Å². The molecule has 0 aliphatic heterocycles. The molecule has 1 atom stereocenters.